The first-order valence-electron chi connectivity index (χ1n) is 9.94. The van der Waals surface area contributed by atoms with Crippen molar-refractivity contribution < 1.29 is 9.53 Å². The van der Waals surface area contributed by atoms with Crippen LogP contribution in [0.5, 0.6) is 5.75 Å². The van der Waals surface area contributed by atoms with Gasteiger partial charge in [0.25, 0.3) is 5.91 Å². The molecule has 0 saturated carbocycles. The predicted octanol–water partition coefficient (Wildman–Crippen LogP) is 5.80. The summed E-state index contributed by atoms with van der Waals surface area (Å²) >= 11 is 1.33. The number of carbonyl (C=O) groups is 1. The molecule has 5 nitrogen and oxygen atoms in total. The van der Waals surface area contributed by atoms with Gasteiger partial charge in [0.2, 0.25) is 0 Å². The lowest BCUT2D eigenvalue weighted by Gasteiger charge is -2.08. The van der Waals surface area contributed by atoms with Gasteiger partial charge in [-0.25, -0.2) is 4.98 Å². The first-order chi connectivity index (χ1) is 15.1. The number of hydrogen-bond acceptors (Lipinski definition) is 5. The summed E-state index contributed by atoms with van der Waals surface area (Å²) in [5, 5.41) is 6.91. The van der Waals surface area contributed by atoms with E-state index in [1.54, 1.807) is 7.11 Å². The molecule has 156 valence electrons. The molecule has 0 bridgehead atoms. The fourth-order valence-electron chi connectivity index (χ4n) is 3.28. The Balaban J connectivity index is 1.44. The largest absolute Gasteiger partial charge is 0.495 e. The number of amides is 1. The number of para-hydroxylation sites is 2. The van der Waals surface area contributed by atoms with Crippen molar-refractivity contribution >= 4 is 28.1 Å². The average molecular weight is 430 g/mol. The first kappa shape index (κ1) is 20.6. The van der Waals surface area contributed by atoms with Gasteiger partial charge in [0, 0.05) is 6.54 Å². The third kappa shape index (κ3) is 4.92. The number of thiazole rings is 1. The van der Waals surface area contributed by atoms with E-state index < -0.39 is 0 Å². The van der Waals surface area contributed by atoms with Crippen LogP contribution in [0.4, 0.5) is 10.8 Å². The molecule has 0 saturated heterocycles. The molecule has 2 N–H and O–H groups in total. The van der Waals surface area contributed by atoms with Crippen LogP contribution in [0.3, 0.4) is 0 Å². The Labute approximate surface area is 185 Å². The number of hydrogen-bond donors (Lipinski definition) is 2. The van der Waals surface area contributed by atoms with Crippen LogP contribution < -0.4 is 15.4 Å². The van der Waals surface area contributed by atoms with E-state index in [1.165, 1.54) is 11.3 Å². The van der Waals surface area contributed by atoms with Crippen molar-refractivity contribution in [2.75, 3.05) is 12.4 Å². The molecule has 4 aromatic rings. The normalized spacial score (nSPS) is 10.5. The standard InChI is InChI=1S/C25H23N3O2S/c1-17-23(31-25(27-17)28-21-13-6-7-14-22(21)30-2)24(29)26-16-18-9-8-12-20(15-18)19-10-4-3-5-11-19/h3-15H,16H2,1-2H3,(H,26,29)(H,27,28). The number of carbonyl (C=O) groups excluding carboxylic acids is 1. The van der Waals surface area contributed by atoms with Crippen molar-refractivity contribution in [2.24, 2.45) is 0 Å². The van der Waals surface area contributed by atoms with Crippen molar-refractivity contribution in [1.29, 1.82) is 0 Å². The van der Waals surface area contributed by atoms with Crippen LogP contribution in [-0.2, 0) is 6.54 Å². The summed E-state index contributed by atoms with van der Waals surface area (Å²) < 4.78 is 5.37. The van der Waals surface area contributed by atoms with Crippen LogP contribution in [0.1, 0.15) is 20.9 Å². The fraction of sp³-hybridized carbons (Fsp3) is 0.120. The topological polar surface area (TPSA) is 63.2 Å². The molecule has 31 heavy (non-hydrogen) atoms. The van der Waals surface area contributed by atoms with Crippen LogP contribution in [0.25, 0.3) is 11.1 Å². The Bertz CT molecular complexity index is 1190. The van der Waals surface area contributed by atoms with Crippen molar-refractivity contribution in [3.8, 4) is 16.9 Å². The second kappa shape index (κ2) is 9.45. The number of nitrogens with zero attached hydrogens (tertiary/aromatic N) is 1. The summed E-state index contributed by atoms with van der Waals surface area (Å²) in [4.78, 5) is 17.9. The Morgan fingerprint density at radius 1 is 0.968 bits per heavy atom. The number of benzene rings is 3. The van der Waals surface area contributed by atoms with Crippen LogP contribution in [0, 0.1) is 6.92 Å². The van der Waals surface area contributed by atoms with Gasteiger partial charge in [-0.3, -0.25) is 4.79 Å². The number of aromatic nitrogens is 1. The van der Waals surface area contributed by atoms with Gasteiger partial charge in [-0.15, -0.1) is 0 Å². The van der Waals surface area contributed by atoms with Gasteiger partial charge in [0.1, 0.15) is 10.6 Å². The monoisotopic (exact) mass is 429 g/mol. The van der Waals surface area contributed by atoms with Gasteiger partial charge in [-0.1, -0.05) is 72.0 Å². The van der Waals surface area contributed by atoms with Crippen LogP contribution in [0.15, 0.2) is 78.9 Å². The number of nitrogens with one attached hydrogen (secondary N) is 2. The molecule has 1 aromatic heterocycles. The molecule has 0 aliphatic rings. The number of methoxy groups -OCH3 is 1. The second-order valence-corrected chi connectivity index (χ2v) is 8.01. The van der Waals surface area contributed by atoms with Crippen molar-refractivity contribution in [3.63, 3.8) is 0 Å². The predicted molar refractivity (Wildman–Crippen MR) is 126 cm³/mol. The summed E-state index contributed by atoms with van der Waals surface area (Å²) in [5.41, 5.74) is 4.83. The second-order valence-electron chi connectivity index (χ2n) is 7.01. The van der Waals surface area contributed by atoms with E-state index in [0.29, 0.717) is 22.2 Å². The highest BCUT2D eigenvalue weighted by molar-refractivity contribution is 7.17. The van der Waals surface area contributed by atoms with Gasteiger partial charge in [0.05, 0.1) is 18.5 Å². The maximum Gasteiger partial charge on any atom is 0.263 e. The van der Waals surface area contributed by atoms with E-state index in [1.807, 2.05) is 61.5 Å². The number of rotatable bonds is 7. The Hall–Kier alpha value is -3.64. The van der Waals surface area contributed by atoms with E-state index in [-0.39, 0.29) is 5.91 Å². The molecular formula is C25H23N3O2S. The molecule has 6 heteroatoms. The van der Waals surface area contributed by atoms with Gasteiger partial charge in [-0.05, 0) is 41.8 Å². The smallest absolute Gasteiger partial charge is 0.263 e. The highest BCUT2D eigenvalue weighted by atomic mass is 32.1. The minimum absolute atomic E-state index is 0.131. The summed E-state index contributed by atoms with van der Waals surface area (Å²) in [6.45, 7) is 2.29. The molecule has 0 atom stereocenters. The average Bonchev–Trinajstić information content (AvgIpc) is 3.18. The SMILES string of the molecule is COc1ccccc1Nc1nc(C)c(C(=O)NCc2cccc(-c3ccccc3)c2)s1. The van der Waals surface area contributed by atoms with E-state index in [0.717, 1.165) is 28.1 Å². The van der Waals surface area contributed by atoms with E-state index in [9.17, 15) is 4.79 Å². The first-order valence-corrected chi connectivity index (χ1v) is 10.8. The van der Waals surface area contributed by atoms with E-state index >= 15 is 0 Å². The molecule has 0 spiro atoms. The van der Waals surface area contributed by atoms with Crippen LogP contribution in [0.2, 0.25) is 0 Å². The lowest BCUT2D eigenvalue weighted by Crippen LogP contribution is -2.22. The lowest BCUT2D eigenvalue weighted by molar-refractivity contribution is 0.0954. The zero-order valence-electron chi connectivity index (χ0n) is 17.4. The maximum absolute atomic E-state index is 12.8. The fourth-order valence-corrected chi connectivity index (χ4v) is 4.17. The number of aryl methyl sites for hydroxylation is 1. The van der Waals surface area contributed by atoms with E-state index in [4.69, 9.17) is 4.74 Å². The van der Waals surface area contributed by atoms with Gasteiger partial charge in [0.15, 0.2) is 5.13 Å². The van der Waals surface area contributed by atoms with E-state index in [2.05, 4.69) is 39.9 Å². The molecule has 1 amide bonds. The summed E-state index contributed by atoms with van der Waals surface area (Å²) in [6.07, 6.45) is 0. The van der Waals surface area contributed by atoms with Crippen molar-refractivity contribution in [3.05, 3.63) is 95.0 Å². The third-order valence-electron chi connectivity index (χ3n) is 4.84. The maximum atomic E-state index is 12.8. The van der Waals surface area contributed by atoms with Crippen LogP contribution in [-0.4, -0.2) is 18.0 Å². The Kier molecular flexibility index (Phi) is 6.29. The highest BCUT2D eigenvalue weighted by Crippen LogP contribution is 2.30. The molecule has 3 aromatic carbocycles. The zero-order valence-corrected chi connectivity index (χ0v) is 18.2. The van der Waals surface area contributed by atoms with Crippen molar-refractivity contribution in [1.82, 2.24) is 10.3 Å². The Morgan fingerprint density at radius 3 is 2.52 bits per heavy atom. The molecule has 0 aliphatic heterocycles. The molecule has 0 unspecified atom stereocenters. The highest BCUT2D eigenvalue weighted by Gasteiger charge is 2.16. The number of anilines is 2. The number of ether oxygens (including phenoxy) is 1. The summed E-state index contributed by atoms with van der Waals surface area (Å²) in [5.74, 6) is 0.591. The Morgan fingerprint density at radius 2 is 1.71 bits per heavy atom. The quantitative estimate of drug-likeness (QED) is 0.390. The lowest BCUT2D eigenvalue weighted by atomic mass is 10.0. The molecular weight excluding hydrogens is 406 g/mol. The zero-order chi connectivity index (χ0) is 21.6. The third-order valence-corrected chi connectivity index (χ3v) is 5.91. The molecule has 0 radical (unpaired) electrons. The minimum atomic E-state index is -0.131. The summed E-state index contributed by atoms with van der Waals surface area (Å²) in [6, 6.07) is 26.0. The van der Waals surface area contributed by atoms with Gasteiger partial charge >= 0.3 is 0 Å². The minimum Gasteiger partial charge on any atom is -0.495 e. The van der Waals surface area contributed by atoms with Crippen LogP contribution >= 0.6 is 11.3 Å². The van der Waals surface area contributed by atoms with Gasteiger partial charge < -0.3 is 15.4 Å². The molecule has 1 heterocycles. The van der Waals surface area contributed by atoms with Gasteiger partial charge in [-0.2, -0.15) is 0 Å². The summed E-state index contributed by atoms with van der Waals surface area (Å²) in [7, 11) is 1.62. The molecule has 4 rings (SSSR count). The molecule has 0 fully saturated rings. The molecule has 0 aliphatic carbocycles. The van der Waals surface area contributed by atoms with Crippen molar-refractivity contribution in [2.45, 2.75) is 13.5 Å².